The van der Waals surface area contributed by atoms with Crippen LogP contribution < -0.4 is 4.90 Å². The van der Waals surface area contributed by atoms with E-state index in [-0.39, 0.29) is 12.6 Å². The van der Waals surface area contributed by atoms with E-state index in [1.807, 2.05) is 20.8 Å². The predicted octanol–water partition coefficient (Wildman–Crippen LogP) is 1.08. The van der Waals surface area contributed by atoms with Gasteiger partial charge in [0.25, 0.3) is 0 Å². The van der Waals surface area contributed by atoms with Gasteiger partial charge in [0.15, 0.2) is 5.82 Å². The average molecular weight is 209 g/mol. The molecule has 0 bridgehead atoms. The Labute approximate surface area is 88.8 Å². The molecule has 0 aromatic carbocycles. The maximum absolute atomic E-state index is 10.7. The largest absolute Gasteiger partial charge is 0.480 e. The number of hydrogen-bond donors (Lipinski definition) is 1. The van der Waals surface area contributed by atoms with E-state index in [1.165, 1.54) is 0 Å². The molecule has 1 rings (SSSR count). The second kappa shape index (κ2) is 4.72. The molecule has 15 heavy (non-hydrogen) atoms. The number of aromatic nitrogens is 2. The highest BCUT2D eigenvalue weighted by molar-refractivity contribution is 5.73. The lowest BCUT2D eigenvalue weighted by molar-refractivity contribution is -0.135. The third-order valence-electron chi connectivity index (χ3n) is 2.06. The predicted molar refractivity (Wildman–Crippen MR) is 56.9 cm³/mol. The van der Waals surface area contributed by atoms with Gasteiger partial charge in [-0.05, 0) is 20.8 Å². The highest BCUT2D eigenvalue weighted by atomic mass is 16.4. The Balaban J connectivity index is 2.99. The van der Waals surface area contributed by atoms with Crippen molar-refractivity contribution in [1.29, 1.82) is 0 Å². The minimum absolute atomic E-state index is 0.0583. The first-order valence-corrected chi connectivity index (χ1v) is 4.78. The fourth-order valence-electron chi connectivity index (χ4n) is 1.33. The summed E-state index contributed by atoms with van der Waals surface area (Å²) in [5.41, 5.74) is 0.743. The molecule has 1 N–H and O–H groups in total. The van der Waals surface area contributed by atoms with Gasteiger partial charge in [0.05, 0.1) is 5.69 Å². The van der Waals surface area contributed by atoms with Gasteiger partial charge < -0.3 is 10.0 Å². The quantitative estimate of drug-likeness (QED) is 0.803. The third-order valence-corrected chi connectivity index (χ3v) is 2.06. The minimum Gasteiger partial charge on any atom is -0.480 e. The lowest BCUT2D eigenvalue weighted by atomic mass is 10.3. The SMILES string of the molecule is Cc1nccnc1N(CC(=O)O)C(C)C. The monoisotopic (exact) mass is 209 g/mol. The standard InChI is InChI=1S/C10H15N3O2/c1-7(2)13(6-9(14)15)10-8(3)11-4-5-12-10/h4-5,7H,6H2,1-3H3,(H,14,15). The number of carbonyl (C=O) groups is 1. The van der Waals surface area contributed by atoms with Gasteiger partial charge in [0, 0.05) is 18.4 Å². The van der Waals surface area contributed by atoms with Gasteiger partial charge in [-0.15, -0.1) is 0 Å². The highest BCUT2D eigenvalue weighted by Crippen LogP contribution is 2.15. The summed E-state index contributed by atoms with van der Waals surface area (Å²) in [6.07, 6.45) is 3.16. The molecule has 0 saturated carbocycles. The van der Waals surface area contributed by atoms with Crippen LogP contribution in [0.25, 0.3) is 0 Å². The number of nitrogens with zero attached hydrogens (tertiary/aromatic N) is 3. The molecule has 0 aliphatic rings. The van der Waals surface area contributed by atoms with Crippen molar-refractivity contribution >= 4 is 11.8 Å². The number of hydrogen-bond acceptors (Lipinski definition) is 4. The van der Waals surface area contributed by atoms with Gasteiger partial charge in [-0.2, -0.15) is 0 Å². The third kappa shape index (κ3) is 2.90. The highest BCUT2D eigenvalue weighted by Gasteiger charge is 2.17. The van der Waals surface area contributed by atoms with Crippen LogP contribution in [0.4, 0.5) is 5.82 Å². The maximum atomic E-state index is 10.7. The van der Waals surface area contributed by atoms with Crippen LogP contribution in [0, 0.1) is 6.92 Å². The lowest BCUT2D eigenvalue weighted by Crippen LogP contribution is -2.36. The Morgan fingerprint density at radius 3 is 2.53 bits per heavy atom. The van der Waals surface area contributed by atoms with E-state index in [1.54, 1.807) is 17.3 Å². The first-order valence-electron chi connectivity index (χ1n) is 4.78. The van der Waals surface area contributed by atoms with E-state index >= 15 is 0 Å². The summed E-state index contributed by atoms with van der Waals surface area (Å²) in [7, 11) is 0. The molecular formula is C10H15N3O2. The molecular weight excluding hydrogens is 194 g/mol. The second-order valence-electron chi connectivity index (χ2n) is 3.58. The van der Waals surface area contributed by atoms with Gasteiger partial charge in [-0.3, -0.25) is 9.78 Å². The fourth-order valence-corrected chi connectivity index (χ4v) is 1.33. The van der Waals surface area contributed by atoms with Crippen molar-refractivity contribution < 1.29 is 9.90 Å². The number of anilines is 1. The number of aliphatic carboxylic acids is 1. The average Bonchev–Trinajstić information content (AvgIpc) is 2.15. The van der Waals surface area contributed by atoms with Crippen molar-refractivity contribution in [3.63, 3.8) is 0 Å². The van der Waals surface area contributed by atoms with Gasteiger partial charge in [0.2, 0.25) is 0 Å². The van der Waals surface area contributed by atoms with Crippen molar-refractivity contribution in [2.24, 2.45) is 0 Å². The Kier molecular flexibility index (Phi) is 3.60. The Hall–Kier alpha value is -1.65. The van der Waals surface area contributed by atoms with Crippen LogP contribution in [0.15, 0.2) is 12.4 Å². The molecule has 1 aromatic heterocycles. The lowest BCUT2D eigenvalue weighted by Gasteiger charge is -2.26. The van der Waals surface area contributed by atoms with Crippen LogP contribution in [0.5, 0.6) is 0 Å². The van der Waals surface area contributed by atoms with Crippen molar-refractivity contribution in [2.45, 2.75) is 26.8 Å². The molecule has 5 heteroatoms. The number of carboxylic acid groups (broad SMARTS) is 1. The van der Waals surface area contributed by atoms with E-state index in [9.17, 15) is 4.79 Å². The molecule has 0 aliphatic carbocycles. The van der Waals surface area contributed by atoms with E-state index in [0.29, 0.717) is 5.82 Å². The van der Waals surface area contributed by atoms with Crippen molar-refractivity contribution in [3.8, 4) is 0 Å². The molecule has 0 spiro atoms. The topological polar surface area (TPSA) is 66.3 Å². The maximum Gasteiger partial charge on any atom is 0.323 e. The zero-order valence-corrected chi connectivity index (χ0v) is 9.14. The Bertz CT molecular complexity index is 352. The molecule has 5 nitrogen and oxygen atoms in total. The second-order valence-corrected chi connectivity index (χ2v) is 3.58. The molecule has 1 aromatic rings. The fraction of sp³-hybridized carbons (Fsp3) is 0.500. The van der Waals surface area contributed by atoms with Crippen LogP contribution in [-0.4, -0.2) is 33.6 Å². The summed E-state index contributed by atoms with van der Waals surface area (Å²) >= 11 is 0. The summed E-state index contributed by atoms with van der Waals surface area (Å²) < 4.78 is 0. The molecule has 0 radical (unpaired) electrons. The molecule has 1 heterocycles. The summed E-state index contributed by atoms with van der Waals surface area (Å²) in [6, 6.07) is 0.0801. The van der Waals surface area contributed by atoms with E-state index in [4.69, 9.17) is 5.11 Å². The smallest absolute Gasteiger partial charge is 0.323 e. The van der Waals surface area contributed by atoms with E-state index in [0.717, 1.165) is 5.69 Å². The van der Waals surface area contributed by atoms with Gasteiger partial charge in [0.1, 0.15) is 6.54 Å². The van der Waals surface area contributed by atoms with E-state index in [2.05, 4.69) is 9.97 Å². The van der Waals surface area contributed by atoms with Gasteiger partial charge >= 0.3 is 5.97 Å². The summed E-state index contributed by atoms with van der Waals surface area (Å²) in [6.45, 7) is 5.62. The molecule has 0 atom stereocenters. The van der Waals surface area contributed by atoms with Gasteiger partial charge in [-0.1, -0.05) is 0 Å². The minimum atomic E-state index is -0.867. The molecule has 0 aliphatic heterocycles. The van der Waals surface area contributed by atoms with E-state index < -0.39 is 5.97 Å². The first kappa shape index (κ1) is 11.4. The Morgan fingerprint density at radius 1 is 1.47 bits per heavy atom. The Morgan fingerprint density at radius 2 is 2.07 bits per heavy atom. The molecule has 0 fully saturated rings. The van der Waals surface area contributed by atoms with Crippen molar-refractivity contribution in [3.05, 3.63) is 18.1 Å². The zero-order valence-electron chi connectivity index (χ0n) is 9.14. The molecule has 0 unspecified atom stereocenters. The summed E-state index contributed by atoms with van der Waals surface area (Å²) in [4.78, 5) is 20.7. The summed E-state index contributed by atoms with van der Waals surface area (Å²) in [5.74, 6) is -0.233. The number of rotatable bonds is 4. The van der Waals surface area contributed by atoms with Gasteiger partial charge in [-0.25, -0.2) is 4.98 Å². The van der Waals surface area contributed by atoms with Crippen LogP contribution in [-0.2, 0) is 4.79 Å². The van der Waals surface area contributed by atoms with Crippen molar-refractivity contribution in [2.75, 3.05) is 11.4 Å². The normalized spacial score (nSPS) is 10.4. The number of carboxylic acids is 1. The summed E-state index contributed by atoms with van der Waals surface area (Å²) in [5, 5.41) is 8.80. The van der Waals surface area contributed by atoms with Crippen LogP contribution >= 0.6 is 0 Å². The zero-order chi connectivity index (χ0) is 11.4. The first-order chi connectivity index (χ1) is 7.02. The van der Waals surface area contributed by atoms with Crippen molar-refractivity contribution in [1.82, 2.24) is 9.97 Å². The molecule has 0 amide bonds. The molecule has 82 valence electrons. The molecule has 0 saturated heterocycles. The van der Waals surface area contributed by atoms with Crippen LogP contribution in [0.1, 0.15) is 19.5 Å². The van der Waals surface area contributed by atoms with Crippen LogP contribution in [0.3, 0.4) is 0 Å². The van der Waals surface area contributed by atoms with Crippen LogP contribution in [0.2, 0.25) is 0 Å². The number of aryl methyl sites for hydroxylation is 1.